The van der Waals surface area contributed by atoms with Crippen molar-refractivity contribution < 1.29 is 0 Å². The van der Waals surface area contributed by atoms with E-state index in [2.05, 4.69) is 36.2 Å². The largest absolute Gasteiger partial charge is 0.326 e. The Bertz CT molecular complexity index is 698. The second-order valence-electron chi connectivity index (χ2n) is 4.50. The van der Waals surface area contributed by atoms with E-state index in [-0.39, 0.29) is 0 Å². The summed E-state index contributed by atoms with van der Waals surface area (Å²) in [6.45, 7) is 2.64. The molecule has 0 unspecified atom stereocenters. The van der Waals surface area contributed by atoms with Gasteiger partial charge >= 0.3 is 0 Å². The SMILES string of the molecule is Cc1cccc(-c2cn3cc(CN)ccc3n2)c1. The van der Waals surface area contributed by atoms with Crippen LogP contribution < -0.4 is 5.73 Å². The lowest BCUT2D eigenvalue weighted by Gasteiger charge is -1.97. The monoisotopic (exact) mass is 237 g/mol. The zero-order chi connectivity index (χ0) is 12.5. The quantitative estimate of drug-likeness (QED) is 0.744. The average Bonchev–Trinajstić information content (AvgIpc) is 2.81. The Hall–Kier alpha value is -2.13. The number of aryl methyl sites for hydroxylation is 1. The van der Waals surface area contributed by atoms with Gasteiger partial charge in [-0.2, -0.15) is 0 Å². The fraction of sp³-hybridized carbons (Fsp3) is 0.133. The summed E-state index contributed by atoms with van der Waals surface area (Å²) in [6, 6.07) is 12.4. The van der Waals surface area contributed by atoms with Gasteiger partial charge in [0.05, 0.1) is 5.69 Å². The summed E-state index contributed by atoms with van der Waals surface area (Å²) in [4.78, 5) is 4.62. The maximum atomic E-state index is 5.64. The number of imidazole rings is 1. The van der Waals surface area contributed by atoms with Gasteiger partial charge in [-0.1, -0.05) is 29.8 Å². The van der Waals surface area contributed by atoms with E-state index >= 15 is 0 Å². The molecular formula is C15H15N3. The standard InChI is InChI=1S/C15H15N3/c1-11-3-2-4-13(7-11)14-10-18-9-12(8-16)5-6-15(18)17-14/h2-7,9-10H,8,16H2,1H3. The van der Waals surface area contributed by atoms with E-state index in [1.165, 1.54) is 5.56 Å². The lowest BCUT2D eigenvalue weighted by atomic mass is 10.1. The molecule has 2 aromatic heterocycles. The van der Waals surface area contributed by atoms with Gasteiger partial charge in [-0.15, -0.1) is 0 Å². The van der Waals surface area contributed by atoms with Crippen molar-refractivity contribution >= 4 is 5.65 Å². The topological polar surface area (TPSA) is 43.3 Å². The Morgan fingerprint density at radius 2 is 2.06 bits per heavy atom. The number of rotatable bonds is 2. The van der Waals surface area contributed by atoms with Crippen LogP contribution in [0.3, 0.4) is 0 Å². The molecule has 0 spiro atoms. The molecule has 1 aromatic carbocycles. The molecule has 0 saturated carbocycles. The molecule has 3 nitrogen and oxygen atoms in total. The fourth-order valence-electron chi connectivity index (χ4n) is 2.10. The second kappa shape index (κ2) is 4.27. The predicted molar refractivity (Wildman–Crippen MR) is 73.3 cm³/mol. The summed E-state index contributed by atoms with van der Waals surface area (Å²) in [5, 5.41) is 0. The Labute approximate surface area is 106 Å². The number of fused-ring (bicyclic) bond motifs is 1. The smallest absolute Gasteiger partial charge is 0.137 e. The molecule has 0 amide bonds. The second-order valence-corrected chi connectivity index (χ2v) is 4.50. The van der Waals surface area contributed by atoms with Crippen LogP contribution in [0.4, 0.5) is 0 Å². The van der Waals surface area contributed by atoms with Gasteiger partial charge in [0.2, 0.25) is 0 Å². The lowest BCUT2D eigenvalue weighted by molar-refractivity contribution is 1.03. The van der Waals surface area contributed by atoms with Crippen molar-refractivity contribution in [1.29, 1.82) is 0 Å². The highest BCUT2D eigenvalue weighted by Crippen LogP contribution is 2.20. The molecule has 0 saturated heterocycles. The number of pyridine rings is 1. The molecule has 0 atom stereocenters. The van der Waals surface area contributed by atoms with Gasteiger partial charge in [-0.3, -0.25) is 0 Å². The molecule has 2 N–H and O–H groups in total. The third-order valence-electron chi connectivity index (χ3n) is 3.06. The number of benzene rings is 1. The molecule has 2 heterocycles. The fourth-order valence-corrected chi connectivity index (χ4v) is 2.10. The van der Waals surface area contributed by atoms with Crippen molar-refractivity contribution in [1.82, 2.24) is 9.38 Å². The number of hydrogen-bond donors (Lipinski definition) is 1. The summed E-state index contributed by atoms with van der Waals surface area (Å²) < 4.78 is 2.03. The Kier molecular flexibility index (Phi) is 2.61. The maximum absolute atomic E-state index is 5.64. The Morgan fingerprint density at radius 1 is 1.17 bits per heavy atom. The first-order chi connectivity index (χ1) is 8.76. The summed E-state index contributed by atoms with van der Waals surface area (Å²) in [7, 11) is 0. The minimum absolute atomic E-state index is 0.550. The van der Waals surface area contributed by atoms with Crippen LogP contribution >= 0.6 is 0 Å². The van der Waals surface area contributed by atoms with Crippen LogP contribution in [0.15, 0.2) is 48.8 Å². The van der Waals surface area contributed by atoms with Crippen molar-refractivity contribution in [2.75, 3.05) is 0 Å². The first kappa shape index (κ1) is 11.0. The molecule has 0 aliphatic carbocycles. The summed E-state index contributed by atoms with van der Waals surface area (Å²) in [5.74, 6) is 0. The van der Waals surface area contributed by atoms with Crippen molar-refractivity contribution in [2.45, 2.75) is 13.5 Å². The van der Waals surface area contributed by atoms with Gasteiger partial charge in [-0.25, -0.2) is 4.98 Å². The number of nitrogens with two attached hydrogens (primary N) is 1. The van der Waals surface area contributed by atoms with Gasteiger partial charge in [0.15, 0.2) is 0 Å². The summed E-state index contributed by atoms with van der Waals surface area (Å²) in [6.07, 6.45) is 4.07. The van der Waals surface area contributed by atoms with E-state index in [9.17, 15) is 0 Å². The minimum Gasteiger partial charge on any atom is -0.326 e. The van der Waals surface area contributed by atoms with E-state index in [0.29, 0.717) is 6.54 Å². The predicted octanol–water partition coefficient (Wildman–Crippen LogP) is 2.77. The zero-order valence-corrected chi connectivity index (χ0v) is 10.3. The normalized spacial score (nSPS) is 11.0. The molecule has 0 fully saturated rings. The van der Waals surface area contributed by atoms with Gasteiger partial charge in [0.25, 0.3) is 0 Å². The van der Waals surface area contributed by atoms with Gasteiger partial charge in [0, 0.05) is 24.5 Å². The highest BCUT2D eigenvalue weighted by atomic mass is 15.0. The third-order valence-corrected chi connectivity index (χ3v) is 3.06. The zero-order valence-electron chi connectivity index (χ0n) is 10.3. The van der Waals surface area contributed by atoms with E-state index in [1.54, 1.807) is 0 Å². The number of aromatic nitrogens is 2. The van der Waals surface area contributed by atoms with Gasteiger partial charge in [-0.05, 0) is 24.6 Å². The molecule has 90 valence electrons. The van der Waals surface area contributed by atoms with E-state index in [0.717, 1.165) is 22.5 Å². The number of nitrogens with zero attached hydrogens (tertiary/aromatic N) is 2. The van der Waals surface area contributed by atoms with Crippen LogP contribution in [0, 0.1) is 6.92 Å². The minimum atomic E-state index is 0.550. The van der Waals surface area contributed by atoms with Crippen molar-refractivity contribution in [2.24, 2.45) is 5.73 Å². The van der Waals surface area contributed by atoms with Crippen LogP contribution in [0.2, 0.25) is 0 Å². The molecule has 18 heavy (non-hydrogen) atoms. The van der Waals surface area contributed by atoms with Gasteiger partial charge < -0.3 is 10.1 Å². The number of hydrogen-bond acceptors (Lipinski definition) is 2. The highest BCUT2D eigenvalue weighted by Gasteiger charge is 2.04. The van der Waals surface area contributed by atoms with Crippen LogP contribution in [0.1, 0.15) is 11.1 Å². The van der Waals surface area contributed by atoms with E-state index in [4.69, 9.17) is 5.73 Å². The third kappa shape index (κ3) is 1.89. The van der Waals surface area contributed by atoms with E-state index in [1.807, 2.05) is 28.9 Å². The highest BCUT2D eigenvalue weighted by molar-refractivity contribution is 5.63. The molecule has 0 radical (unpaired) electrons. The Morgan fingerprint density at radius 3 is 2.83 bits per heavy atom. The molecule has 3 rings (SSSR count). The van der Waals surface area contributed by atoms with Crippen molar-refractivity contribution in [3.05, 3.63) is 59.9 Å². The lowest BCUT2D eigenvalue weighted by Crippen LogP contribution is -1.97. The van der Waals surface area contributed by atoms with Crippen LogP contribution in [0.5, 0.6) is 0 Å². The first-order valence-electron chi connectivity index (χ1n) is 6.01. The van der Waals surface area contributed by atoms with Crippen LogP contribution in [-0.4, -0.2) is 9.38 Å². The molecule has 0 aliphatic rings. The molecular weight excluding hydrogens is 222 g/mol. The molecule has 0 aliphatic heterocycles. The summed E-state index contributed by atoms with van der Waals surface area (Å²) >= 11 is 0. The van der Waals surface area contributed by atoms with Gasteiger partial charge in [0.1, 0.15) is 5.65 Å². The van der Waals surface area contributed by atoms with E-state index < -0.39 is 0 Å². The van der Waals surface area contributed by atoms with Crippen LogP contribution in [-0.2, 0) is 6.54 Å². The van der Waals surface area contributed by atoms with Crippen LogP contribution in [0.25, 0.3) is 16.9 Å². The van der Waals surface area contributed by atoms with Crippen molar-refractivity contribution in [3.8, 4) is 11.3 Å². The molecule has 3 aromatic rings. The first-order valence-corrected chi connectivity index (χ1v) is 6.01. The average molecular weight is 237 g/mol. The Balaban J connectivity index is 2.13. The van der Waals surface area contributed by atoms with Crippen molar-refractivity contribution in [3.63, 3.8) is 0 Å². The maximum Gasteiger partial charge on any atom is 0.137 e. The molecule has 0 bridgehead atoms. The molecule has 3 heteroatoms. The summed E-state index contributed by atoms with van der Waals surface area (Å²) in [5.41, 5.74) is 11.1.